The highest BCUT2D eigenvalue weighted by Gasteiger charge is 2.38. The Kier molecular flexibility index (Phi) is 4.85. The number of alkyl halides is 5. The molecule has 9 heteroatoms. The Morgan fingerprint density at radius 1 is 1.45 bits per heavy atom. The van der Waals surface area contributed by atoms with Gasteiger partial charge in [-0.05, 0) is 6.92 Å². The molecule has 0 aliphatic carbocycles. The Bertz CT molecular complexity index is 502. The van der Waals surface area contributed by atoms with Crippen LogP contribution in [0.3, 0.4) is 0 Å². The minimum Gasteiger partial charge on any atom is -0.505 e. The van der Waals surface area contributed by atoms with Gasteiger partial charge in [0.2, 0.25) is 0 Å². The molecular formula is C11H10F5NO3. The zero-order valence-electron chi connectivity index (χ0n) is 10.2. The van der Waals surface area contributed by atoms with Crippen LogP contribution < -0.4 is 0 Å². The number of rotatable bonds is 4. The fourth-order valence-electron chi connectivity index (χ4n) is 1.48. The van der Waals surface area contributed by atoms with E-state index in [0.717, 1.165) is 0 Å². The fourth-order valence-corrected chi connectivity index (χ4v) is 1.48. The first-order chi connectivity index (χ1) is 9.18. The van der Waals surface area contributed by atoms with E-state index in [9.17, 15) is 31.9 Å². The molecule has 0 bridgehead atoms. The van der Waals surface area contributed by atoms with E-state index in [4.69, 9.17) is 0 Å². The van der Waals surface area contributed by atoms with Gasteiger partial charge in [0.15, 0.2) is 0 Å². The third kappa shape index (κ3) is 3.55. The highest BCUT2D eigenvalue weighted by Crippen LogP contribution is 2.41. The van der Waals surface area contributed by atoms with Crippen LogP contribution in [0.4, 0.5) is 22.0 Å². The predicted molar refractivity (Wildman–Crippen MR) is 56.2 cm³/mol. The maximum Gasteiger partial charge on any atom is 0.418 e. The van der Waals surface area contributed by atoms with Crippen LogP contribution in [0.2, 0.25) is 0 Å². The van der Waals surface area contributed by atoms with Gasteiger partial charge in [-0.1, -0.05) is 0 Å². The van der Waals surface area contributed by atoms with Gasteiger partial charge >= 0.3 is 12.1 Å². The Balaban J connectivity index is 3.26. The number of carbonyl (C=O) groups is 1. The lowest BCUT2D eigenvalue weighted by Crippen LogP contribution is -2.14. The van der Waals surface area contributed by atoms with Gasteiger partial charge in [0.05, 0.1) is 29.8 Å². The van der Waals surface area contributed by atoms with Gasteiger partial charge in [-0.25, -0.2) is 8.78 Å². The van der Waals surface area contributed by atoms with E-state index in [1.165, 1.54) is 6.92 Å². The van der Waals surface area contributed by atoms with Crippen molar-refractivity contribution >= 4 is 5.97 Å². The minimum absolute atomic E-state index is 0.00192. The van der Waals surface area contributed by atoms with Crippen molar-refractivity contribution in [1.29, 1.82) is 0 Å². The molecule has 20 heavy (non-hydrogen) atoms. The Morgan fingerprint density at radius 3 is 2.50 bits per heavy atom. The summed E-state index contributed by atoms with van der Waals surface area (Å²) >= 11 is 0. The Labute approximate surface area is 110 Å². The molecule has 1 rings (SSSR count). The van der Waals surface area contributed by atoms with Crippen molar-refractivity contribution in [3.05, 3.63) is 23.0 Å². The quantitative estimate of drug-likeness (QED) is 0.686. The SMILES string of the molecule is CCOC(=O)Cc1ncc(C(F)(F)F)c(C(F)F)c1O. The number of pyridine rings is 1. The first-order valence-corrected chi connectivity index (χ1v) is 5.40. The summed E-state index contributed by atoms with van der Waals surface area (Å²) in [5.74, 6) is -2.24. The summed E-state index contributed by atoms with van der Waals surface area (Å²) in [6.45, 7) is 1.49. The highest BCUT2D eigenvalue weighted by atomic mass is 19.4. The molecule has 0 spiro atoms. The van der Waals surface area contributed by atoms with Crippen LogP contribution in [0, 0.1) is 0 Å². The van der Waals surface area contributed by atoms with Crippen molar-refractivity contribution in [3.8, 4) is 5.75 Å². The zero-order chi connectivity index (χ0) is 15.5. The largest absolute Gasteiger partial charge is 0.505 e. The molecule has 0 fully saturated rings. The first kappa shape index (κ1) is 16.1. The number of ether oxygens (including phenoxy) is 1. The van der Waals surface area contributed by atoms with Gasteiger partial charge in [0.1, 0.15) is 5.75 Å². The lowest BCUT2D eigenvalue weighted by molar-refractivity contribution is -0.142. The van der Waals surface area contributed by atoms with Crippen LogP contribution in [-0.2, 0) is 22.1 Å². The molecule has 0 aromatic carbocycles. The van der Waals surface area contributed by atoms with Gasteiger partial charge in [-0.3, -0.25) is 9.78 Å². The van der Waals surface area contributed by atoms with E-state index >= 15 is 0 Å². The normalized spacial score (nSPS) is 11.8. The van der Waals surface area contributed by atoms with Gasteiger partial charge in [-0.15, -0.1) is 0 Å². The number of aromatic nitrogens is 1. The van der Waals surface area contributed by atoms with Crippen LogP contribution >= 0.6 is 0 Å². The molecule has 0 radical (unpaired) electrons. The van der Waals surface area contributed by atoms with E-state index in [1.54, 1.807) is 0 Å². The maximum absolute atomic E-state index is 12.7. The van der Waals surface area contributed by atoms with E-state index in [1.807, 2.05) is 0 Å². The second kappa shape index (κ2) is 6.02. The second-order valence-corrected chi connectivity index (χ2v) is 3.66. The molecule has 0 amide bonds. The van der Waals surface area contributed by atoms with Crippen molar-refractivity contribution in [1.82, 2.24) is 4.98 Å². The van der Waals surface area contributed by atoms with Crippen molar-refractivity contribution in [3.63, 3.8) is 0 Å². The van der Waals surface area contributed by atoms with Gasteiger partial charge in [0.25, 0.3) is 6.43 Å². The van der Waals surface area contributed by atoms with Gasteiger partial charge in [-0.2, -0.15) is 13.2 Å². The van der Waals surface area contributed by atoms with Crippen LogP contribution in [-0.4, -0.2) is 22.7 Å². The molecule has 1 N–H and O–H groups in total. The molecule has 1 aromatic heterocycles. The number of esters is 1. The fraction of sp³-hybridized carbons (Fsp3) is 0.455. The van der Waals surface area contributed by atoms with Crippen molar-refractivity contribution < 1.29 is 36.6 Å². The molecule has 1 aromatic rings. The molecule has 112 valence electrons. The molecule has 0 atom stereocenters. The standard InChI is InChI=1S/C11H10F5NO3/c1-2-20-7(18)3-6-9(19)8(10(12)13)5(4-17-6)11(14,15)16/h4,10,19H,2-3H2,1H3. The molecule has 0 saturated carbocycles. The number of hydrogen-bond donors (Lipinski definition) is 1. The number of carbonyl (C=O) groups excluding carboxylic acids is 1. The topological polar surface area (TPSA) is 59.4 Å². The van der Waals surface area contributed by atoms with Crippen molar-refractivity contribution in [2.45, 2.75) is 25.9 Å². The summed E-state index contributed by atoms with van der Waals surface area (Å²) in [5, 5.41) is 9.47. The summed E-state index contributed by atoms with van der Waals surface area (Å²) < 4.78 is 67.4. The molecular weight excluding hydrogens is 289 g/mol. The number of hydrogen-bond acceptors (Lipinski definition) is 4. The molecule has 0 aliphatic rings. The summed E-state index contributed by atoms with van der Waals surface area (Å²) in [6.07, 6.45) is -9.18. The third-order valence-corrected chi connectivity index (χ3v) is 2.31. The molecule has 0 unspecified atom stereocenters. The average molecular weight is 299 g/mol. The lowest BCUT2D eigenvalue weighted by atomic mass is 10.1. The predicted octanol–water partition coefficient (Wildman–Crippen LogP) is 2.85. The number of nitrogens with zero attached hydrogens (tertiary/aromatic N) is 1. The second-order valence-electron chi connectivity index (χ2n) is 3.66. The van der Waals surface area contributed by atoms with Crippen LogP contribution in [0.5, 0.6) is 5.75 Å². The summed E-state index contributed by atoms with van der Waals surface area (Å²) in [6, 6.07) is 0. The van der Waals surface area contributed by atoms with E-state index in [-0.39, 0.29) is 12.8 Å². The van der Waals surface area contributed by atoms with E-state index in [0.29, 0.717) is 0 Å². The summed E-state index contributed by atoms with van der Waals surface area (Å²) in [4.78, 5) is 14.4. The van der Waals surface area contributed by atoms with Crippen molar-refractivity contribution in [2.24, 2.45) is 0 Å². The summed E-state index contributed by atoms with van der Waals surface area (Å²) in [5.41, 5.74) is -3.92. The third-order valence-electron chi connectivity index (χ3n) is 2.31. The molecule has 1 heterocycles. The minimum atomic E-state index is -5.08. The zero-order valence-corrected chi connectivity index (χ0v) is 10.2. The average Bonchev–Trinajstić information content (AvgIpc) is 2.29. The van der Waals surface area contributed by atoms with E-state index < -0.39 is 47.6 Å². The highest BCUT2D eigenvalue weighted by molar-refractivity contribution is 5.73. The molecule has 4 nitrogen and oxygen atoms in total. The molecule has 0 aliphatic heterocycles. The first-order valence-electron chi connectivity index (χ1n) is 5.40. The van der Waals surface area contributed by atoms with Gasteiger partial charge in [0, 0.05) is 6.20 Å². The van der Waals surface area contributed by atoms with Crippen LogP contribution in [0.25, 0.3) is 0 Å². The number of aromatic hydroxyl groups is 1. The molecule has 0 saturated heterocycles. The summed E-state index contributed by atoms with van der Waals surface area (Å²) in [7, 11) is 0. The van der Waals surface area contributed by atoms with Crippen molar-refractivity contribution in [2.75, 3.05) is 6.61 Å². The smallest absolute Gasteiger partial charge is 0.418 e. The van der Waals surface area contributed by atoms with E-state index in [2.05, 4.69) is 9.72 Å². The lowest BCUT2D eigenvalue weighted by Gasteiger charge is -2.15. The Morgan fingerprint density at radius 2 is 2.05 bits per heavy atom. The van der Waals surface area contributed by atoms with Gasteiger partial charge < -0.3 is 9.84 Å². The van der Waals surface area contributed by atoms with Crippen LogP contribution in [0.15, 0.2) is 6.20 Å². The number of halogens is 5. The Hall–Kier alpha value is -1.93. The maximum atomic E-state index is 12.7. The van der Waals surface area contributed by atoms with Crippen LogP contribution in [0.1, 0.15) is 30.2 Å². The monoisotopic (exact) mass is 299 g/mol.